The zero-order valence-electron chi connectivity index (χ0n) is 16.6. The van der Waals surface area contributed by atoms with Crippen LogP contribution in [0.4, 0.5) is 0 Å². The highest BCUT2D eigenvalue weighted by molar-refractivity contribution is 9.10. The van der Waals surface area contributed by atoms with Crippen LogP contribution in [0.25, 0.3) is 6.08 Å². The second-order valence-corrected chi connectivity index (χ2v) is 9.08. The Balaban J connectivity index is 2.61. The molecule has 8 heteroatoms. The molecule has 6 nitrogen and oxygen atoms in total. The third-order valence-corrected chi connectivity index (χ3v) is 6.22. The van der Waals surface area contributed by atoms with Crippen molar-refractivity contribution < 1.29 is 22.7 Å². The average molecular weight is 492 g/mol. The van der Waals surface area contributed by atoms with Crippen molar-refractivity contribution in [3.63, 3.8) is 0 Å². The Morgan fingerprint density at radius 3 is 2.47 bits per heavy atom. The van der Waals surface area contributed by atoms with Gasteiger partial charge >= 0.3 is 5.97 Å². The summed E-state index contributed by atoms with van der Waals surface area (Å²) >= 11 is 3.35. The SMILES string of the molecule is C=C(C=O)C(/C=C/c1cccc(Br)c1)(NS(=O)(=O)c1ccc(C)cc1)C(=O)OCC. The number of sulfonamides is 1. The van der Waals surface area contributed by atoms with Crippen LogP contribution in [0.1, 0.15) is 18.1 Å². The number of nitrogens with one attached hydrogen (secondary N) is 1. The molecule has 1 atom stereocenters. The van der Waals surface area contributed by atoms with Crippen LogP contribution in [0.15, 0.2) is 76.1 Å². The maximum absolute atomic E-state index is 13.0. The van der Waals surface area contributed by atoms with E-state index in [-0.39, 0.29) is 17.1 Å². The Morgan fingerprint density at radius 1 is 1.23 bits per heavy atom. The van der Waals surface area contributed by atoms with Gasteiger partial charge < -0.3 is 4.74 Å². The fourth-order valence-corrected chi connectivity index (χ4v) is 4.34. The van der Waals surface area contributed by atoms with Crippen molar-refractivity contribution in [1.29, 1.82) is 0 Å². The number of benzene rings is 2. The number of halogens is 1. The Labute approximate surface area is 184 Å². The summed E-state index contributed by atoms with van der Waals surface area (Å²) in [6, 6.07) is 13.2. The van der Waals surface area contributed by atoms with Crippen molar-refractivity contribution in [2.24, 2.45) is 0 Å². The minimum atomic E-state index is -4.20. The first-order valence-corrected chi connectivity index (χ1v) is 11.3. The summed E-state index contributed by atoms with van der Waals surface area (Å²) in [5.74, 6) is -0.955. The van der Waals surface area contributed by atoms with Crippen molar-refractivity contribution in [2.45, 2.75) is 24.3 Å². The van der Waals surface area contributed by atoms with Gasteiger partial charge in [-0.15, -0.1) is 0 Å². The summed E-state index contributed by atoms with van der Waals surface area (Å²) in [7, 11) is -4.20. The summed E-state index contributed by atoms with van der Waals surface area (Å²) in [6.07, 6.45) is 3.13. The van der Waals surface area contributed by atoms with E-state index in [1.807, 2.05) is 13.0 Å². The molecule has 0 radical (unpaired) electrons. The van der Waals surface area contributed by atoms with Gasteiger partial charge in [0.15, 0.2) is 5.54 Å². The molecular formula is C22H22BrNO5S. The molecule has 0 aromatic heterocycles. The smallest absolute Gasteiger partial charge is 0.336 e. The molecule has 158 valence electrons. The molecule has 2 rings (SSSR count). The molecule has 0 aliphatic rings. The molecule has 0 spiro atoms. The number of hydrogen-bond acceptors (Lipinski definition) is 5. The predicted molar refractivity (Wildman–Crippen MR) is 119 cm³/mol. The second-order valence-electron chi connectivity index (χ2n) is 6.48. The van der Waals surface area contributed by atoms with E-state index in [4.69, 9.17) is 4.74 Å². The lowest BCUT2D eigenvalue weighted by Gasteiger charge is -2.29. The minimum Gasteiger partial charge on any atom is -0.464 e. The first-order valence-electron chi connectivity index (χ1n) is 9.02. The highest BCUT2D eigenvalue weighted by Gasteiger charge is 2.44. The van der Waals surface area contributed by atoms with Crippen molar-refractivity contribution >= 4 is 44.3 Å². The molecule has 0 heterocycles. The van der Waals surface area contributed by atoms with Gasteiger partial charge in [0, 0.05) is 10.0 Å². The normalized spacial score (nSPS) is 13.6. The summed E-state index contributed by atoms with van der Waals surface area (Å²) in [5, 5.41) is 0. The van der Waals surface area contributed by atoms with Crippen LogP contribution < -0.4 is 4.72 Å². The van der Waals surface area contributed by atoms with E-state index in [9.17, 15) is 18.0 Å². The second kappa shape index (κ2) is 9.97. The van der Waals surface area contributed by atoms with Crippen molar-refractivity contribution in [3.05, 3.63) is 82.4 Å². The number of carbonyl (C=O) groups is 2. The van der Waals surface area contributed by atoms with Gasteiger partial charge in [0.05, 0.1) is 11.5 Å². The largest absolute Gasteiger partial charge is 0.464 e. The van der Waals surface area contributed by atoms with Crippen LogP contribution in [0.3, 0.4) is 0 Å². The highest BCUT2D eigenvalue weighted by atomic mass is 79.9. The summed E-state index contributed by atoms with van der Waals surface area (Å²) in [5.41, 5.74) is -0.865. The Morgan fingerprint density at radius 2 is 1.90 bits per heavy atom. The molecule has 0 saturated heterocycles. The fraction of sp³-hybridized carbons (Fsp3) is 0.182. The quantitative estimate of drug-likeness (QED) is 0.327. The zero-order chi connectivity index (χ0) is 22.4. The summed E-state index contributed by atoms with van der Waals surface area (Å²) < 4.78 is 34.3. The van der Waals surface area contributed by atoms with Crippen molar-refractivity contribution in [3.8, 4) is 0 Å². The molecule has 1 unspecified atom stereocenters. The third kappa shape index (κ3) is 5.53. The Kier molecular flexibility index (Phi) is 7.89. The molecule has 30 heavy (non-hydrogen) atoms. The summed E-state index contributed by atoms with van der Waals surface area (Å²) in [6.45, 7) is 7.01. The van der Waals surface area contributed by atoms with Gasteiger partial charge in [0.2, 0.25) is 10.0 Å². The Bertz CT molecular complexity index is 1080. The number of ether oxygens (including phenoxy) is 1. The van der Waals surface area contributed by atoms with Gasteiger partial charge in [-0.05, 0) is 49.8 Å². The summed E-state index contributed by atoms with van der Waals surface area (Å²) in [4.78, 5) is 24.4. The van der Waals surface area contributed by atoms with Gasteiger partial charge in [-0.3, -0.25) is 4.79 Å². The molecular weight excluding hydrogens is 470 g/mol. The molecule has 1 N–H and O–H groups in total. The lowest BCUT2D eigenvalue weighted by Crippen LogP contribution is -2.55. The van der Waals surface area contributed by atoms with Gasteiger partial charge in [0.25, 0.3) is 0 Å². The van der Waals surface area contributed by atoms with E-state index in [1.165, 1.54) is 24.3 Å². The molecule has 0 bridgehead atoms. The fourth-order valence-electron chi connectivity index (χ4n) is 2.61. The highest BCUT2D eigenvalue weighted by Crippen LogP contribution is 2.25. The lowest BCUT2D eigenvalue weighted by molar-refractivity contribution is -0.147. The molecule has 0 fully saturated rings. The molecule has 2 aromatic carbocycles. The van der Waals surface area contributed by atoms with Crippen LogP contribution >= 0.6 is 15.9 Å². The van der Waals surface area contributed by atoms with E-state index in [0.717, 1.165) is 10.0 Å². The molecule has 0 amide bonds. The lowest BCUT2D eigenvalue weighted by atomic mass is 9.91. The van der Waals surface area contributed by atoms with Crippen LogP contribution in [0.2, 0.25) is 0 Å². The van der Waals surface area contributed by atoms with Crippen LogP contribution in [-0.2, 0) is 24.3 Å². The van der Waals surface area contributed by atoms with Crippen LogP contribution in [0.5, 0.6) is 0 Å². The predicted octanol–water partition coefficient (Wildman–Crippen LogP) is 3.81. The standard InChI is InChI=1S/C22H22BrNO5S/c1-4-29-21(26)22(17(3)15-25,13-12-18-6-5-7-19(23)14-18)24-30(27,28)20-10-8-16(2)9-11-20/h5-15,24H,3-4H2,1-2H3/b13-12+. The molecule has 0 aliphatic heterocycles. The Hall–Kier alpha value is -2.55. The molecule has 0 saturated carbocycles. The number of aldehydes is 1. The van der Waals surface area contributed by atoms with Gasteiger partial charge in [-0.25, -0.2) is 13.2 Å². The number of hydrogen-bond donors (Lipinski definition) is 1. The number of aryl methyl sites for hydroxylation is 1. The number of esters is 1. The first-order chi connectivity index (χ1) is 14.1. The number of rotatable bonds is 9. The van der Waals surface area contributed by atoms with E-state index >= 15 is 0 Å². The maximum atomic E-state index is 13.0. The van der Waals surface area contributed by atoms with E-state index in [0.29, 0.717) is 11.8 Å². The monoisotopic (exact) mass is 491 g/mol. The van der Waals surface area contributed by atoms with Gasteiger partial charge in [0.1, 0.15) is 6.29 Å². The van der Waals surface area contributed by atoms with Gasteiger partial charge in [-0.1, -0.05) is 58.4 Å². The van der Waals surface area contributed by atoms with Crippen LogP contribution in [-0.4, -0.2) is 32.8 Å². The molecule has 2 aromatic rings. The van der Waals surface area contributed by atoms with Gasteiger partial charge in [-0.2, -0.15) is 4.72 Å². The van der Waals surface area contributed by atoms with Crippen molar-refractivity contribution in [1.82, 2.24) is 4.72 Å². The zero-order valence-corrected chi connectivity index (χ0v) is 19.0. The topological polar surface area (TPSA) is 89.5 Å². The first kappa shape index (κ1) is 23.7. The number of carbonyl (C=O) groups excluding carboxylic acids is 2. The van der Waals surface area contributed by atoms with E-state index in [1.54, 1.807) is 37.3 Å². The van der Waals surface area contributed by atoms with Crippen molar-refractivity contribution in [2.75, 3.05) is 6.61 Å². The minimum absolute atomic E-state index is 0.0102. The van der Waals surface area contributed by atoms with E-state index < -0.39 is 21.5 Å². The maximum Gasteiger partial charge on any atom is 0.336 e. The third-order valence-electron chi connectivity index (χ3n) is 4.25. The molecule has 0 aliphatic carbocycles. The van der Waals surface area contributed by atoms with Crippen LogP contribution in [0, 0.1) is 6.92 Å². The van der Waals surface area contributed by atoms with E-state index in [2.05, 4.69) is 27.2 Å². The average Bonchev–Trinajstić information content (AvgIpc) is 2.71.